The van der Waals surface area contributed by atoms with Crippen molar-refractivity contribution in [2.75, 3.05) is 13.7 Å². The summed E-state index contributed by atoms with van der Waals surface area (Å²) in [6, 6.07) is -0.462. The van der Waals surface area contributed by atoms with Gasteiger partial charge in [-0.05, 0) is 18.8 Å². The van der Waals surface area contributed by atoms with Gasteiger partial charge in [0.2, 0.25) is 5.91 Å². The molecule has 1 fully saturated rings. The van der Waals surface area contributed by atoms with Crippen LogP contribution in [0.1, 0.15) is 26.7 Å². The SMILES string of the molecule is C=C[C@@H]1CCCN1C(=O)[C@@H](NC(=O)OC)C(C)C. The van der Waals surface area contributed by atoms with E-state index >= 15 is 0 Å². The summed E-state index contributed by atoms with van der Waals surface area (Å²) in [5.41, 5.74) is 0. The Hall–Kier alpha value is -1.52. The molecular weight excluding hydrogens is 232 g/mol. The Balaban J connectivity index is 2.76. The molecule has 5 nitrogen and oxygen atoms in total. The normalized spacial score (nSPS) is 20.7. The number of carbonyl (C=O) groups excluding carboxylic acids is 2. The van der Waals surface area contributed by atoms with Crippen LogP contribution in [0.5, 0.6) is 0 Å². The highest BCUT2D eigenvalue weighted by Crippen LogP contribution is 2.20. The van der Waals surface area contributed by atoms with Gasteiger partial charge in [-0.2, -0.15) is 0 Å². The van der Waals surface area contributed by atoms with Crippen LogP contribution in [0.2, 0.25) is 0 Å². The van der Waals surface area contributed by atoms with Crippen molar-refractivity contribution < 1.29 is 14.3 Å². The number of carbonyl (C=O) groups is 2. The molecular formula is C13H22N2O3. The van der Waals surface area contributed by atoms with E-state index in [-0.39, 0.29) is 17.9 Å². The van der Waals surface area contributed by atoms with Gasteiger partial charge < -0.3 is 15.0 Å². The van der Waals surface area contributed by atoms with Crippen molar-refractivity contribution in [1.29, 1.82) is 0 Å². The summed E-state index contributed by atoms with van der Waals surface area (Å²) in [7, 11) is 1.29. The minimum Gasteiger partial charge on any atom is -0.453 e. The van der Waals surface area contributed by atoms with E-state index in [1.807, 2.05) is 13.8 Å². The maximum absolute atomic E-state index is 12.4. The first-order valence-corrected chi connectivity index (χ1v) is 6.28. The van der Waals surface area contributed by atoms with Crippen LogP contribution in [0.25, 0.3) is 0 Å². The molecule has 0 aromatic heterocycles. The molecule has 0 saturated carbocycles. The van der Waals surface area contributed by atoms with Gasteiger partial charge in [0.15, 0.2) is 0 Å². The van der Waals surface area contributed by atoms with Gasteiger partial charge in [0.1, 0.15) is 6.04 Å². The maximum Gasteiger partial charge on any atom is 0.407 e. The Morgan fingerprint density at radius 3 is 2.67 bits per heavy atom. The van der Waals surface area contributed by atoms with Crippen molar-refractivity contribution in [3.8, 4) is 0 Å². The lowest BCUT2D eigenvalue weighted by molar-refractivity contribution is -0.134. The molecule has 1 saturated heterocycles. The largest absolute Gasteiger partial charge is 0.453 e. The van der Waals surface area contributed by atoms with Crippen LogP contribution in [-0.2, 0) is 9.53 Å². The van der Waals surface area contributed by atoms with Gasteiger partial charge in [-0.1, -0.05) is 19.9 Å². The fraction of sp³-hybridized carbons (Fsp3) is 0.692. The Labute approximate surface area is 108 Å². The van der Waals surface area contributed by atoms with Crippen molar-refractivity contribution in [1.82, 2.24) is 10.2 Å². The van der Waals surface area contributed by atoms with Gasteiger partial charge >= 0.3 is 6.09 Å². The van der Waals surface area contributed by atoms with Crippen LogP contribution in [-0.4, -0.2) is 42.6 Å². The molecule has 0 aliphatic carbocycles. The molecule has 0 spiro atoms. The van der Waals surface area contributed by atoms with E-state index in [1.54, 1.807) is 11.0 Å². The quantitative estimate of drug-likeness (QED) is 0.774. The zero-order valence-electron chi connectivity index (χ0n) is 11.3. The zero-order chi connectivity index (χ0) is 13.7. The molecule has 2 atom stereocenters. The Morgan fingerprint density at radius 1 is 1.50 bits per heavy atom. The highest BCUT2D eigenvalue weighted by Gasteiger charge is 2.34. The van der Waals surface area contributed by atoms with Crippen molar-refractivity contribution in [3.63, 3.8) is 0 Å². The van der Waals surface area contributed by atoms with Crippen LogP contribution >= 0.6 is 0 Å². The summed E-state index contributed by atoms with van der Waals surface area (Å²) in [6.45, 7) is 8.28. The Kier molecular flexibility index (Phi) is 5.19. The minimum absolute atomic E-state index is 0.0164. The van der Waals surface area contributed by atoms with Gasteiger partial charge in [0, 0.05) is 12.6 Å². The van der Waals surface area contributed by atoms with Crippen molar-refractivity contribution >= 4 is 12.0 Å². The molecule has 0 bridgehead atoms. The van der Waals surface area contributed by atoms with Gasteiger partial charge in [0.25, 0.3) is 0 Å². The van der Waals surface area contributed by atoms with Gasteiger partial charge in [0.05, 0.1) is 7.11 Å². The highest BCUT2D eigenvalue weighted by molar-refractivity contribution is 5.86. The summed E-state index contributed by atoms with van der Waals surface area (Å²) in [5.74, 6) is -0.0412. The minimum atomic E-state index is -0.573. The molecule has 0 aromatic rings. The van der Waals surface area contributed by atoms with E-state index in [0.29, 0.717) is 0 Å². The molecule has 1 aliphatic rings. The summed E-state index contributed by atoms with van der Waals surface area (Å²) in [4.78, 5) is 25.5. The van der Waals surface area contributed by atoms with Crippen LogP contribution < -0.4 is 5.32 Å². The second kappa shape index (κ2) is 6.42. The number of ether oxygens (including phenoxy) is 1. The number of amides is 2. The van der Waals surface area contributed by atoms with Crippen LogP contribution in [0.15, 0.2) is 12.7 Å². The Morgan fingerprint density at radius 2 is 2.17 bits per heavy atom. The van der Waals surface area contributed by atoms with Crippen molar-refractivity contribution in [3.05, 3.63) is 12.7 Å². The molecule has 5 heteroatoms. The molecule has 18 heavy (non-hydrogen) atoms. The van der Waals surface area contributed by atoms with Crippen LogP contribution in [0.4, 0.5) is 4.79 Å². The molecule has 1 heterocycles. The third kappa shape index (κ3) is 3.24. The first-order valence-electron chi connectivity index (χ1n) is 6.28. The predicted octanol–water partition coefficient (Wildman–Crippen LogP) is 1.54. The lowest BCUT2D eigenvalue weighted by atomic mass is 10.0. The van der Waals surface area contributed by atoms with E-state index in [9.17, 15) is 9.59 Å². The molecule has 1 rings (SSSR count). The monoisotopic (exact) mass is 254 g/mol. The topological polar surface area (TPSA) is 58.6 Å². The standard InChI is InChI=1S/C13H22N2O3/c1-5-10-7-6-8-15(10)12(16)11(9(2)3)14-13(17)18-4/h5,9-11H,1,6-8H2,2-4H3,(H,14,17)/t10-,11+/m1/s1. The molecule has 0 unspecified atom stereocenters. The molecule has 0 aromatic carbocycles. The summed E-state index contributed by atoms with van der Waals surface area (Å²) in [5, 5.41) is 2.60. The lowest BCUT2D eigenvalue weighted by Crippen LogP contribution is -2.52. The molecule has 0 radical (unpaired) electrons. The second-order valence-corrected chi connectivity index (χ2v) is 4.83. The van der Waals surface area contributed by atoms with E-state index < -0.39 is 12.1 Å². The van der Waals surface area contributed by atoms with Gasteiger partial charge in [-0.3, -0.25) is 4.79 Å². The smallest absolute Gasteiger partial charge is 0.407 e. The summed E-state index contributed by atoms with van der Waals surface area (Å²) in [6.07, 6.45) is 3.14. The van der Waals surface area contributed by atoms with E-state index in [4.69, 9.17) is 0 Å². The van der Waals surface area contributed by atoms with Gasteiger partial charge in [-0.25, -0.2) is 4.79 Å². The van der Waals surface area contributed by atoms with Crippen LogP contribution in [0.3, 0.4) is 0 Å². The Bertz CT molecular complexity index is 328. The van der Waals surface area contributed by atoms with Crippen molar-refractivity contribution in [2.24, 2.45) is 5.92 Å². The molecule has 102 valence electrons. The predicted molar refractivity (Wildman–Crippen MR) is 69.1 cm³/mol. The average molecular weight is 254 g/mol. The van der Waals surface area contributed by atoms with E-state index in [0.717, 1.165) is 19.4 Å². The first kappa shape index (κ1) is 14.5. The number of hydrogen-bond donors (Lipinski definition) is 1. The number of alkyl carbamates (subject to hydrolysis) is 1. The highest BCUT2D eigenvalue weighted by atomic mass is 16.5. The first-order chi connectivity index (χ1) is 8.51. The molecule has 1 aliphatic heterocycles. The fourth-order valence-electron chi connectivity index (χ4n) is 2.19. The number of rotatable bonds is 4. The van der Waals surface area contributed by atoms with E-state index in [1.165, 1.54) is 7.11 Å². The summed E-state index contributed by atoms with van der Waals surface area (Å²) >= 11 is 0. The van der Waals surface area contributed by atoms with Crippen LogP contribution in [0, 0.1) is 5.92 Å². The number of hydrogen-bond acceptors (Lipinski definition) is 3. The average Bonchev–Trinajstić information content (AvgIpc) is 2.82. The van der Waals surface area contributed by atoms with Crippen molar-refractivity contribution in [2.45, 2.75) is 38.8 Å². The third-order valence-corrected chi connectivity index (χ3v) is 3.25. The number of methoxy groups -OCH3 is 1. The van der Waals surface area contributed by atoms with Gasteiger partial charge in [-0.15, -0.1) is 6.58 Å². The van der Waals surface area contributed by atoms with E-state index in [2.05, 4.69) is 16.6 Å². The second-order valence-electron chi connectivity index (χ2n) is 4.83. The third-order valence-electron chi connectivity index (χ3n) is 3.25. The molecule has 2 amide bonds. The number of nitrogens with one attached hydrogen (secondary N) is 1. The summed E-state index contributed by atoms with van der Waals surface area (Å²) < 4.78 is 4.56. The number of likely N-dealkylation sites (tertiary alicyclic amines) is 1. The maximum atomic E-state index is 12.4. The fourth-order valence-corrected chi connectivity index (χ4v) is 2.19. The lowest BCUT2D eigenvalue weighted by Gasteiger charge is -2.29. The zero-order valence-corrected chi connectivity index (χ0v) is 11.3. The molecule has 1 N–H and O–H groups in total. The number of nitrogens with zero attached hydrogens (tertiary/aromatic N) is 1.